The van der Waals surface area contributed by atoms with E-state index < -0.39 is 0 Å². The van der Waals surface area contributed by atoms with Crippen LogP contribution in [-0.4, -0.2) is 17.4 Å². The Labute approximate surface area is 186 Å². The molecule has 0 spiro atoms. The largest absolute Gasteiger partial charge is 0.507 e. The number of hydrogen-bond acceptors (Lipinski definition) is 2. The Morgan fingerprint density at radius 3 is 2.10 bits per heavy atom. The zero-order chi connectivity index (χ0) is 21.8. The highest BCUT2D eigenvalue weighted by Crippen LogP contribution is 2.41. The summed E-state index contributed by atoms with van der Waals surface area (Å²) in [6, 6.07) is 25.4. The Kier molecular flexibility index (Phi) is 6.27. The molecule has 0 amide bonds. The van der Waals surface area contributed by atoms with Gasteiger partial charge in [0, 0.05) is 28.8 Å². The molecule has 1 aliphatic carbocycles. The summed E-state index contributed by atoms with van der Waals surface area (Å²) in [5, 5.41) is 11.3. The number of aromatic hydroxyl groups is 1. The highest BCUT2D eigenvalue weighted by Gasteiger charge is 2.28. The summed E-state index contributed by atoms with van der Waals surface area (Å²) < 4.78 is 0. The standard InChI is InChI=1S/C29H33NO/c1-21-14-16-26(17-15-21)30-20-24-18-23(22-10-6-4-7-11-22)19-27(28(24)31)29(2,3)25-12-8-5-9-13-25/h4-13,18-21,26,31H,14-17H2,1-3H3. The van der Waals surface area contributed by atoms with Crippen LogP contribution in [0.15, 0.2) is 77.8 Å². The molecule has 0 atom stereocenters. The van der Waals surface area contributed by atoms with Gasteiger partial charge in [0.1, 0.15) is 5.75 Å². The number of benzene rings is 3. The summed E-state index contributed by atoms with van der Waals surface area (Å²) in [6.07, 6.45) is 6.67. The first-order valence-electron chi connectivity index (χ1n) is 11.5. The summed E-state index contributed by atoms with van der Waals surface area (Å²) in [7, 11) is 0. The van der Waals surface area contributed by atoms with Crippen molar-refractivity contribution in [3.8, 4) is 16.9 Å². The molecule has 0 bridgehead atoms. The molecule has 160 valence electrons. The van der Waals surface area contributed by atoms with E-state index in [0.717, 1.165) is 41.0 Å². The van der Waals surface area contributed by atoms with Crippen molar-refractivity contribution >= 4 is 6.21 Å². The lowest BCUT2D eigenvalue weighted by Gasteiger charge is -2.28. The van der Waals surface area contributed by atoms with Gasteiger partial charge in [0.15, 0.2) is 0 Å². The molecule has 2 nitrogen and oxygen atoms in total. The van der Waals surface area contributed by atoms with Gasteiger partial charge in [-0.3, -0.25) is 4.99 Å². The van der Waals surface area contributed by atoms with E-state index in [2.05, 4.69) is 81.4 Å². The topological polar surface area (TPSA) is 32.6 Å². The van der Waals surface area contributed by atoms with Gasteiger partial charge in [0.2, 0.25) is 0 Å². The van der Waals surface area contributed by atoms with Crippen molar-refractivity contribution in [1.82, 2.24) is 0 Å². The second kappa shape index (κ2) is 9.09. The highest BCUT2D eigenvalue weighted by atomic mass is 16.3. The zero-order valence-corrected chi connectivity index (χ0v) is 18.9. The van der Waals surface area contributed by atoms with Gasteiger partial charge in [-0.1, -0.05) is 81.4 Å². The summed E-state index contributed by atoms with van der Waals surface area (Å²) >= 11 is 0. The van der Waals surface area contributed by atoms with Crippen LogP contribution >= 0.6 is 0 Å². The molecule has 0 heterocycles. The molecule has 1 saturated carbocycles. The molecular weight excluding hydrogens is 378 g/mol. The minimum atomic E-state index is -0.334. The average Bonchev–Trinajstić information content (AvgIpc) is 2.80. The minimum absolute atomic E-state index is 0.334. The molecular formula is C29H33NO. The zero-order valence-electron chi connectivity index (χ0n) is 18.9. The van der Waals surface area contributed by atoms with Crippen LogP contribution in [0.2, 0.25) is 0 Å². The normalized spacial score (nSPS) is 19.6. The van der Waals surface area contributed by atoms with Crippen LogP contribution < -0.4 is 0 Å². The molecule has 3 aromatic carbocycles. The number of aliphatic imine (C=N–C) groups is 1. The van der Waals surface area contributed by atoms with Crippen LogP contribution in [-0.2, 0) is 5.41 Å². The number of nitrogens with zero attached hydrogens (tertiary/aromatic N) is 1. The third kappa shape index (κ3) is 4.74. The summed E-state index contributed by atoms with van der Waals surface area (Å²) in [5.74, 6) is 1.14. The Morgan fingerprint density at radius 2 is 1.45 bits per heavy atom. The lowest BCUT2D eigenvalue weighted by atomic mass is 9.76. The maximum atomic E-state index is 11.3. The molecule has 1 aliphatic rings. The van der Waals surface area contributed by atoms with E-state index in [1.54, 1.807) is 0 Å². The van der Waals surface area contributed by atoms with E-state index in [4.69, 9.17) is 4.99 Å². The van der Waals surface area contributed by atoms with Gasteiger partial charge in [0.25, 0.3) is 0 Å². The lowest BCUT2D eigenvalue weighted by molar-refractivity contribution is 0.350. The Balaban J connectivity index is 1.78. The Hall–Kier alpha value is -2.87. The number of rotatable bonds is 5. The highest BCUT2D eigenvalue weighted by molar-refractivity contribution is 5.88. The van der Waals surface area contributed by atoms with Gasteiger partial charge in [-0.2, -0.15) is 0 Å². The summed E-state index contributed by atoms with van der Waals surface area (Å²) in [5.41, 5.74) is 4.83. The van der Waals surface area contributed by atoms with E-state index in [9.17, 15) is 5.11 Å². The van der Waals surface area contributed by atoms with Crippen LogP contribution in [0.3, 0.4) is 0 Å². The molecule has 1 N–H and O–H groups in total. The molecule has 3 aromatic rings. The molecule has 4 rings (SSSR count). The predicted molar refractivity (Wildman–Crippen MR) is 131 cm³/mol. The number of hydrogen-bond donors (Lipinski definition) is 1. The number of phenolic OH excluding ortho intramolecular Hbond substituents is 1. The van der Waals surface area contributed by atoms with Crippen molar-refractivity contribution in [1.29, 1.82) is 0 Å². The van der Waals surface area contributed by atoms with E-state index in [1.165, 1.54) is 18.4 Å². The van der Waals surface area contributed by atoms with E-state index in [0.29, 0.717) is 11.8 Å². The smallest absolute Gasteiger partial charge is 0.128 e. The molecule has 31 heavy (non-hydrogen) atoms. The quantitative estimate of drug-likeness (QED) is 0.436. The van der Waals surface area contributed by atoms with Crippen molar-refractivity contribution in [3.05, 3.63) is 89.5 Å². The summed E-state index contributed by atoms with van der Waals surface area (Å²) in [4.78, 5) is 4.89. The third-order valence-corrected chi connectivity index (χ3v) is 6.83. The van der Waals surface area contributed by atoms with Crippen LogP contribution in [0.1, 0.15) is 63.1 Å². The molecule has 0 saturated heterocycles. The van der Waals surface area contributed by atoms with Gasteiger partial charge in [-0.15, -0.1) is 0 Å². The molecule has 2 heteroatoms. The third-order valence-electron chi connectivity index (χ3n) is 6.83. The molecule has 0 aromatic heterocycles. The van der Waals surface area contributed by atoms with Gasteiger partial charge < -0.3 is 5.11 Å². The van der Waals surface area contributed by atoms with E-state index >= 15 is 0 Å². The maximum Gasteiger partial charge on any atom is 0.128 e. The SMILES string of the molecule is CC1CCC(N=Cc2cc(-c3ccccc3)cc(C(C)(C)c3ccccc3)c2O)CC1. The average molecular weight is 412 g/mol. The van der Waals surface area contributed by atoms with Crippen LogP contribution in [0, 0.1) is 5.92 Å². The van der Waals surface area contributed by atoms with Gasteiger partial charge in [-0.05, 0) is 60.4 Å². The first-order valence-corrected chi connectivity index (χ1v) is 11.5. The van der Waals surface area contributed by atoms with Crippen molar-refractivity contribution in [2.75, 3.05) is 0 Å². The number of phenols is 1. The first kappa shape index (κ1) is 21.4. The molecule has 0 aliphatic heterocycles. The fourth-order valence-corrected chi connectivity index (χ4v) is 4.62. The van der Waals surface area contributed by atoms with Crippen LogP contribution in [0.25, 0.3) is 11.1 Å². The summed E-state index contributed by atoms with van der Waals surface area (Å²) in [6.45, 7) is 6.68. The molecule has 0 radical (unpaired) electrons. The van der Waals surface area contributed by atoms with Crippen LogP contribution in [0.5, 0.6) is 5.75 Å². The van der Waals surface area contributed by atoms with Gasteiger partial charge >= 0.3 is 0 Å². The fraction of sp³-hybridized carbons (Fsp3) is 0.345. The molecule has 0 unspecified atom stereocenters. The fourth-order valence-electron chi connectivity index (χ4n) is 4.62. The monoisotopic (exact) mass is 411 g/mol. The predicted octanol–water partition coefficient (Wildman–Crippen LogP) is 7.38. The maximum absolute atomic E-state index is 11.3. The second-order valence-corrected chi connectivity index (χ2v) is 9.51. The molecule has 1 fully saturated rings. The van der Waals surface area contributed by atoms with Gasteiger partial charge in [-0.25, -0.2) is 0 Å². The Bertz CT molecular complexity index is 1030. The first-order chi connectivity index (χ1) is 14.9. The van der Waals surface area contributed by atoms with E-state index in [1.807, 2.05) is 18.3 Å². The van der Waals surface area contributed by atoms with E-state index in [-0.39, 0.29) is 5.41 Å². The minimum Gasteiger partial charge on any atom is -0.507 e. The Morgan fingerprint density at radius 1 is 0.839 bits per heavy atom. The van der Waals surface area contributed by atoms with Gasteiger partial charge in [0.05, 0.1) is 0 Å². The van der Waals surface area contributed by atoms with Crippen molar-refractivity contribution < 1.29 is 5.11 Å². The van der Waals surface area contributed by atoms with Crippen molar-refractivity contribution in [2.45, 2.75) is 57.9 Å². The van der Waals surface area contributed by atoms with Crippen LogP contribution in [0.4, 0.5) is 0 Å². The lowest BCUT2D eigenvalue weighted by Crippen LogP contribution is -2.20. The van der Waals surface area contributed by atoms with Crippen molar-refractivity contribution in [2.24, 2.45) is 10.9 Å². The van der Waals surface area contributed by atoms with Crippen molar-refractivity contribution in [3.63, 3.8) is 0 Å². The second-order valence-electron chi connectivity index (χ2n) is 9.51.